The van der Waals surface area contributed by atoms with E-state index in [1.165, 1.54) is 11.1 Å². The van der Waals surface area contributed by atoms with E-state index in [0.29, 0.717) is 0 Å². The lowest BCUT2D eigenvalue weighted by Gasteiger charge is -2.18. The zero-order chi connectivity index (χ0) is 15.1. The van der Waals surface area contributed by atoms with Gasteiger partial charge >= 0.3 is 0 Å². The van der Waals surface area contributed by atoms with E-state index in [1.54, 1.807) is 0 Å². The Bertz CT molecular complexity index is 475. The Morgan fingerprint density at radius 1 is 1.29 bits per heavy atom. The molecule has 1 amide bonds. The van der Waals surface area contributed by atoms with Crippen molar-refractivity contribution in [3.63, 3.8) is 0 Å². The van der Waals surface area contributed by atoms with Crippen molar-refractivity contribution in [1.82, 2.24) is 10.2 Å². The maximum atomic E-state index is 12.2. The second kappa shape index (κ2) is 7.99. The van der Waals surface area contributed by atoms with Crippen LogP contribution in [0.25, 0.3) is 0 Å². The van der Waals surface area contributed by atoms with E-state index >= 15 is 0 Å². The molecule has 1 aliphatic rings. The molecule has 0 bridgehead atoms. The van der Waals surface area contributed by atoms with E-state index in [4.69, 9.17) is 0 Å². The summed E-state index contributed by atoms with van der Waals surface area (Å²) in [6.07, 6.45) is 4.40. The first-order valence-electron chi connectivity index (χ1n) is 7.87. The van der Waals surface area contributed by atoms with Gasteiger partial charge in [-0.25, -0.2) is 0 Å². The normalized spacial score (nSPS) is 17.0. The van der Waals surface area contributed by atoms with Crippen molar-refractivity contribution < 1.29 is 4.79 Å². The number of nitrogens with zero attached hydrogens (tertiary/aromatic N) is 1. The summed E-state index contributed by atoms with van der Waals surface area (Å²) in [5.41, 5.74) is 2.51. The van der Waals surface area contributed by atoms with E-state index in [2.05, 4.69) is 42.6 Å². The lowest BCUT2D eigenvalue weighted by molar-refractivity contribution is -0.132. The zero-order valence-corrected chi connectivity index (χ0v) is 13.1. The molecule has 1 atom stereocenters. The third-order valence-electron chi connectivity index (χ3n) is 3.92. The van der Waals surface area contributed by atoms with Gasteiger partial charge in [0.2, 0.25) is 5.91 Å². The van der Waals surface area contributed by atoms with Crippen LogP contribution in [-0.4, -0.2) is 30.4 Å². The lowest BCUT2D eigenvalue weighted by Crippen LogP contribution is -2.32. The Kier molecular flexibility index (Phi) is 6.00. The number of likely N-dealkylation sites (tertiary alicyclic amines) is 1. The number of rotatable bonds is 6. The average Bonchev–Trinajstić information content (AvgIpc) is 3.01. The minimum Gasteiger partial charge on any atom is -0.342 e. The molecular weight excluding hydrogens is 260 g/mol. The van der Waals surface area contributed by atoms with Crippen LogP contribution in [0.1, 0.15) is 32.3 Å². The average molecular weight is 286 g/mol. The summed E-state index contributed by atoms with van der Waals surface area (Å²) in [5, 5.41) is 3.42. The van der Waals surface area contributed by atoms with Crippen LogP contribution in [-0.2, 0) is 11.3 Å². The molecule has 0 radical (unpaired) electrons. The molecule has 0 spiro atoms. The molecule has 1 aliphatic heterocycles. The van der Waals surface area contributed by atoms with Gasteiger partial charge in [0.1, 0.15) is 0 Å². The fourth-order valence-electron chi connectivity index (χ4n) is 2.78. The fraction of sp³-hybridized carbons (Fsp3) is 0.500. The van der Waals surface area contributed by atoms with Gasteiger partial charge in [0.25, 0.3) is 0 Å². The van der Waals surface area contributed by atoms with Crippen LogP contribution in [0.15, 0.2) is 42.0 Å². The van der Waals surface area contributed by atoms with E-state index in [9.17, 15) is 4.79 Å². The van der Waals surface area contributed by atoms with Crippen LogP contribution >= 0.6 is 0 Å². The third-order valence-corrected chi connectivity index (χ3v) is 3.92. The van der Waals surface area contributed by atoms with Gasteiger partial charge in [-0.05, 0) is 25.3 Å². The second-order valence-corrected chi connectivity index (χ2v) is 5.92. The summed E-state index contributed by atoms with van der Waals surface area (Å²) in [5.74, 6) is 0.261. The van der Waals surface area contributed by atoms with Crippen molar-refractivity contribution in [1.29, 1.82) is 0 Å². The summed E-state index contributed by atoms with van der Waals surface area (Å²) in [6.45, 7) is 7.64. The maximum Gasteiger partial charge on any atom is 0.229 e. The monoisotopic (exact) mass is 286 g/mol. The highest BCUT2D eigenvalue weighted by Gasteiger charge is 2.21. The van der Waals surface area contributed by atoms with Crippen LogP contribution in [0.3, 0.4) is 0 Å². The fourth-order valence-corrected chi connectivity index (χ4v) is 2.78. The quantitative estimate of drug-likeness (QED) is 0.815. The largest absolute Gasteiger partial charge is 0.342 e. The third kappa shape index (κ3) is 5.01. The molecule has 2 rings (SSSR count). The van der Waals surface area contributed by atoms with Crippen LogP contribution in [0.2, 0.25) is 0 Å². The Morgan fingerprint density at radius 2 is 1.95 bits per heavy atom. The van der Waals surface area contributed by atoms with Crippen molar-refractivity contribution in [2.45, 2.75) is 33.2 Å². The maximum absolute atomic E-state index is 12.2. The van der Waals surface area contributed by atoms with Gasteiger partial charge in [-0.2, -0.15) is 0 Å². The zero-order valence-electron chi connectivity index (χ0n) is 13.1. The number of hydrogen-bond acceptors (Lipinski definition) is 2. The minimum atomic E-state index is -0.0124. The summed E-state index contributed by atoms with van der Waals surface area (Å²) >= 11 is 0. The van der Waals surface area contributed by atoms with Gasteiger partial charge in [0.15, 0.2) is 0 Å². The van der Waals surface area contributed by atoms with Crippen molar-refractivity contribution in [3.8, 4) is 0 Å². The molecule has 1 heterocycles. The minimum absolute atomic E-state index is 0.0124. The summed E-state index contributed by atoms with van der Waals surface area (Å²) in [7, 11) is 0. The SMILES string of the molecule is C/C(=C\[C@@H](C)C(=O)N1CCCC1)CNCc1ccccc1. The molecule has 0 unspecified atom stereocenters. The summed E-state index contributed by atoms with van der Waals surface area (Å²) in [4.78, 5) is 14.2. The first-order valence-corrected chi connectivity index (χ1v) is 7.87. The number of nitrogens with one attached hydrogen (secondary N) is 1. The number of carbonyl (C=O) groups excluding carboxylic acids is 1. The highest BCUT2D eigenvalue weighted by atomic mass is 16.2. The second-order valence-electron chi connectivity index (χ2n) is 5.92. The highest BCUT2D eigenvalue weighted by molar-refractivity contribution is 5.80. The molecule has 3 nitrogen and oxygen atoms in total. The van der Waals surface area contributed by atoms with Crippen molar-refractivity contribution in [2.75, 3.05) is 19.6 Å². The first kappa shape index (κ1) is 15.8. The molecule has 21 heavy (non-hydrogen) atoms. The Hall–Kier alpha value is -1.61. The smallest absolute Gasteiger partial charge is 0.229 e. The van der Waals surface area contributed by atoms with Gasteiger partial charge in [-0.3, -0.25) is 4.79 Å². The molecule has 0 aliphatic carbocycles. The van der Waals surface area contributed by atoms with Crippen LogP contribution in [0.4, 0.5) is 0 Å². The van der Waals surface area contributed by atoms with Gasteiger partial charge < -0.3 is 10.2 Å². The molecule has 1 fully saturated rings. The van der Waals surface area contributed by atoms with E-state index < -0.39 is 0 Å². The topological polar surface area (TPSA) is 32.3 Å². The lowest BCUT2D eigenvalue weighted by atomic mass is 10.1. The van der Waals surface area contributed by atoms with Crippen molar-refractivity contribution in [2.24, 2.45) is 5.92 Å². The predicted molar refractivity (Wildman–Crippen MR) is 86.9 cm³/mol. The Balaban J connectivity index is 1.76. The van der Waals surface area contributed by atoms with E-state index in [0.717, 1.165) is 39.0 Å². The van der Waals surface area contributed by atoms with E-state index in [1.807, 2.05) is 17.9 Å². The van der Waals surface area contributed by atoms with Gasteiger partial charge in [0, 0.05) is 26.2 Å². The molecule has 1 N–H and O–H groups in total. The number of hydrogen-bond donors (Lipinski definition) is 1. The van der Waals surface area contributed by atoms with Crippen LogP contribution in [0.5, 0.6) is 0 Å². The molecule has 0 aromatic heterocycles. The van der Waals surface area contributed by atoms with Gasteiger partial charge in [-0.1, -0.05) is 48.9 Å². The van der Waals surface area contributed by atoms with Gasteiger partial charge in [0.05, 0.1) is 5.92 Å². The van der Waals surface area contributed by atoms with E-state index in [-0.39, 0.29) is 11.8 Å². The van der Waals surface area contributed by atoms with Crippen molar-refractivity contribution >= 4 is 5.91 Å². The van der Waals surface area contributed by atoms with Gasteiger partial charge in [-0.15, -0.1) is 0 Å². The summed E-state index contributed by atoms with van der Waals surface area (Å²) < 4.78 is 0. The molecule has 1 aromatic carbocycles. The molecular formula is C18H26N2O. The Morgan fingerprint density at radius 3 is 2.62 bits per heavy atom. The number of amides is 1. The molecule has 3 heteroatoms. The first-order chi connectivity index (χ1) is 10.2. The van der Waals surface area contributed by atoms with Crippen LogP contribution in [0, 0.1) is 5.92 Å². The van der Waals surface area contributed by atoms with Crippen molar-refractivity contribution in [3.05, 3.63) is 47.5 Å². The standard InChI is InChI=1S/C18H26N2O/c1-15(13-19-14-17-8-4-3-5-9-17)12-16(2)18(21)20-10-6-7-11-20/h3-5,8-9,12,16,19H,6-7,10-11,13-14H2,1-2H3/b15-12+/t16-/m1/s1. The predicted octanol–water partition coefficient (Wildman–Crippen LogP) is 2.98. The molecule has 1 saturated heterocycles. The molecule has 114 valence electrons. The number of carbonyl (C=O) groups is 1. The molecule has 0 saturated carbocycles. The Labute approximate surface area is 128 Å². The highest BCUT2D eigenvalue weighted by Crippen LogP contribution is 2.13. The summed E-state index contributed by atoms with van der Waals surface area (Å²) in [6, 6.07) is 10.4. The molecule has 1 aromatic rings. The van der Waals surface area contributed by atoms with Crippen LogP contribution < -0.4 is 5.32 Å². The number of benzene rings is 1.